The molecule has 2 fully saturated rings. The molecule has 0 amide bonds. The fourth-order valence-electron chi connectivity index (χ4n) is 4.22. The van der Waals surface area contributed by atoms with Gasteiger partial charge in [0.05, 0.1) is 0 Å². The van der Waals surface area contributed by atoms with Crippen molar-refractivity contribution in [2.24, 2.45) is 11.7 Å². The van der Waals surface area contributed by atoms with Gasteiger partial charge < -0.3 is 10.6 Å². The predicted octanol–water partition coefficient (Wildman–Crippen LogP) is 2.38. The number of rotatable bonds is 5. The van der Waals surface area contributed by atoms with Gasteiger partial charge in [-0.25, -0.2) is 0 Å². The largest absolute Gasteiger partial charge is 0.329 e. The maximum atomic E-state index is 6.33. The Morgan fingerprint density at radius 2 is 2.35 bits per heavy atom. The Balaban J connectivity index is 1.87. The minimum atomic E-state index is 0.213. The van der Waals surface area contributed by atoms with E-state index in [2.05, 4.69) is 41.2 Å². The van der Waals surface area contributed by atoms with Crippen molar-refractivity contribution in [3.05, 3.63) is 22.4 Å². The molecule has 0 aliphatic carbocycles. The molecule has 2 aliphatic rings. The Labute approximate surface area is 126 Å². The minimum absolute atomic E-state index is 0.213. The molecule has 3 atom stereocenters. The lowest BCUT2D eigenvalue weighted by Crippen LogP contribution is -2.63. The average Bonchev–Trinajstić information content (AvgIpc) is 3.08. The first-order valence-electron chi connectivity index (χ1n) is 7.87. The summed E-state index contributed by atoms with van der Waals surface area (Å²) in [5.74, 6) is 0.753. The Kier molecular flexibility index (Phi) is 4.18. The molecule has 0 radical (unpaired) electrons. The van der Waals surface area contributed by atoms with Crippen molar-refractivity contribution in [1.29, 1.82) is 0 Å². The molecule has 4 heteroatoms. The third kappa shape index (κ3) is 2.43. The number of nitrogens with two attached hydrogens (primary N) is 1. The topological polar surface area (TPSA) is 32.5 Å². The lowest BCUT2D eigenvalue weighted by Gasteiger charge is -2.52. The molecule has 2 N–H and O–H groups in total. The lowest BCUT2D eigenvalue weighted by atomic mass is 9.76. The number of thiophene rings is 1. The molecular weight excluding hydrogens is 266 g/mol. The van der Waals surface area contributed by atoms with Crippen molar-refractivity contribution >= 4 is 11.3 Å². The van der Waals surface area contributed by atoms with Crippen LogP contribution in [0.3, 0.4) is 0 Å². The van der Waals surface area contributed by atoms with Gasteiger partial charge in [0.15, 0.2) is 0 Å². The second-order valence-electron chi connectivity index (χ2n) is 6.64. The van der Waals surface area contributed by atoms with E-state index in [0.717, 1.165) is 19.0 Å². The van der Waals surface area contributed by atoms with E-state index in [-0.39, 0.29) is 5.54 Å². The standard InChI is InChI=1S/C16H27N3S/c1-13(2)19(11-15-4-3-9-20-15)16(12-17)6-8-18-7-5-14(16)10-18/h3-4,9,13-14H,5-8,10-12,17H2,1-2H3. The van der Waals surface area contributed by atoms with Crippen LogP contribution >= 0.6 is 11.3 Å². The fourth-order valence-corrected chi connectivity index (χ4v) is 4.92. The van der Waals surface area contributed by atoms with Gasteiger partial charge >= 0.3 is 0 Å². The molecule has 2 aliphatic heterocycles. The molecule has 2 bridgehead atoms. The van der Waals surface area contributed by atoms with E-state index in [1.54, 1.807) is 0 Å². The van der Waals surface area contributed by atoms with Crippen molar-refractivity contribution in [3.63, 3.8) is 0 Å². The van der Waals surface area contributed by atoms with Crippen LogP contribution < -0.4 is 5.73 Å². The molecule has 0 spiro atoms. The highest BCUT2D eigenvalue weighted by Gasteiger charge is 2.49. The van der Waals surface area contributed by atoms with Crippen molar-refractivity contribution in [2.75, 3.05) is 26.2 Å². The number of hydrogen-bond donors (Lipinski definition) is 1. The molecule has 1 aromatic heterocycles. The molecule has 1 aromatic rings. The van der Waals surface area contributed by atoms with E-state index in [1.165, 1.54) is 37.4 Å². The fraction of sp³-hybridized carbons (Fsp3) is 0.750. The summed E-state index contributed by atoms with van der Waals surface area (Å²) in [6.45, 7) is 10.3. The SMILES string of the molecule is CC(C)N(Cc1cccs1)C1(CN)CCN2CCC1C2. The Morgan fingerprint density at radius 3 is 3.00 bits per heavy atom. The van der Waals surface area contributed by atoms with Gasteiger partial charge in [-0.1, -0.05) is 6.07 Å². The van der Waals surface area contributed by atoms with E-state index in [9.17, 15) is 0 Å². The Morgan fingerprint density at radius 1 is 1.50 bits per heavy atom. The molecule has 20 heavy (non-hydrogen) atoms. The third-order valence-corrected chi connectivity index (χ3v) is 6.21. The van der Waals surface area contributed by atoms with Crippen LogP contribution in [-0.4, -0.2) is 47.6 Å². The van der Waals surface area contributed by atoms with Crippen LogP contribution in [0.25, 0.3) is 0 Å². The first-order chi connectivity index (χ1) is 9.65. The molecule has 3 unspecified atom stereocenters. The van der Waals surface area contributed by atoms with Gasteiger partial charge in [-0.2, -0.15) is 0 Å². The van der Waals surface area contributed by atoms with Crippen molar-refractivity contribution in [3.8, 4) is 0 Å². The quantitative estimate of drug-likeness (QED) is 0.905. The van der Waals surface area contributed by atoms with Crippen LogP contribution in [0.4, 0.5) is 0 Å². The van der Waals surface area contributed by atoms with Crippen molar-refractivity contribution in [2.45, 2.75) is 44.8 Å². The zero-order chi connectivity index (χ0) is 14.2. The zero-order valence-electron chi connectivity index (χ0n) is 12.7. The number of fused-ring (bicyclic) bond motifs is 2. The van der Waals surface area contributed by atoms with Crippen molar-refractivity contribution in [1.82, 2.24) is 9.80 Å². The maximum Gasteiger partial charge on any atom is 0.0391 e. The molecular formula is C16H27N3S. The average molecular weight is 293 g/mol. The second kappa shape index (κ2) is 5.76. The van der Waals surface area contributed by atoms with E-state index in [1.807, 2.05) is 11.3 Å². The first-order valence-corrected chi connectivity index (χ1v) is 8.75. The van der Waals surface area contributed by atoms with E-state index < -0.39 is 0 Å². The van der Waals surface area contributed by atoms with Crippen molar-refractivity contribution < 1.29 is 0 Å². The van der Waals surface area contributed by atoms with Gasteiger partial charge in [-0.3, -0.25) is 4.90 Å². The summed E-state index contributed by atoms with van der Waals surface area (Å²) in [6.07, 6.45) is 2.56. The highest BCUT2D eigenvalue weighted by Crippen LogP contribution is 2.41. The molecule has 0 aromatic carbocycles. The summed E-state index contributed by atoms with van der Waals surface area (Å²) in [6, 6.07) is 4.97. The molecule has 2 saturated heterocycles. The zero-order valence-corrected chi connectivity index (χ0v) is 13.5. The predicted molar refractivity (Wildman–Crippen MR) is 85.9 cm³/mol. The van der Waals surface area contributed by atoms with Gasteiger partial charge in [0, 0.05) is 36.1 Å². The van der Waals surface area contributed by atoms with Crippen LogP contribution in [0.2, 0.25) is 0 Å². The van der Waals surface area contributed by atoms with E-state index in [0.29, 0.717) is 6.04 Å². The van der Waals surface area contributed by atoms with Crippen LogP contribution in [0, 0.1) is 5.92 Å². The molecule has 0 saturated carbocycles. The smallest absolute Gasteiger partial charge is 0.0391 e. The molecule has 3 nitrogen and oxygen atoms in total. The molecule has 112 valence electrons. The molecule has 3 heterocycles. The third-order valence-electron chi connectivity index (χ3n) is 5.35. The number of piperidine rings is 1. The van der Waals surface area contributed by atoms with E-state index in [4.69, 9.17) is 5.73 Å². The second-order valence-corrected chi connectivity index (χ2v) is 7.68. The first kappa shape index (κ1) is 14.5. The number of nitrogens with zero attached hydrogens (tertiary/aromatic N) is 2. The summed E-state index contributed by atoms with van der Waals surface area (Å²) in [5, 5.41) is 2.18. The van der Waals surface area contributed by atoms with Crippen LogP contribution in [0.15, 0.2) is 17.5 Å². The normalized spacial score (nSPS) is 33.2. The summed E-state index contributed by atoms with van der Waals surface area (Å²) < 4.78 is 0. The van der Waals surface area contributed by atoms with Gasteiger partial charge in [0.25, 0.3) is 0 Å². The lowest BCUT2D eigenvalue weighted by molar-refractivity contribution is -0.0189. The van der Waals surface area contributed by atoms with Gasteiger partial charge in [0.1, 0.15) is 0 Å². The summed E-state index contributed by atoms with van der Waals surface area (Å²) in [5.41, 5.74) is 6.55. The summed E-state index contributed by atoms with van der Waals surface area (Å²) in [7, 11) is 0. The summed E-state index contributed by atoms with van der Waals surface area (Å²) in [4.78, 5) is 6.78. The maximum absolute atomic E-state index is 6.33. The van der Waals surface area contributed by atoms with Gasteiger partial charge in [-0.15, -0.1) is 11.3 Å². The van der Waals surface area contributed by atoms with E-state index >= 15 is 0 Å². The minimum Gasteiger partial charge on any atom is -0.329 e. The highest BCUT2D eigenvalue weighted by atomic mass is 32.1. The number of hydrogen-bond acceptors (Lipinski definition) is 4. The van der Waals surface area contributed by atoms with Crippen LogP contribution in [-0.2, 0) is 6.54 Å². The van der Waals surface area contributed by atoms with Crippen LogP contribution in [0.1, 0.15) is 31.6 Å². The van der Waals surface area contributed by atoms with Crippen LogP contribution in [0.5, 0.6) is 0 Å². The Bertz CT molecular complexity index is 431. The highest BCUT2D eigenvalue weighted by molar-refractivity contribution is 7.09. The monoisotopic (exact) mass is 293 g/mol. The van der Waals surface area contributed by atoms with Gasteiger partial charge in [-0.05, 0) is 57.1 Å². The van der Waals surface area contributed by atoms with Gasteiger partial charge in [0.2, 0.25) is 0 Å². The Hall–Kier alpha value is -0.420. The summed E-state index contributed by atoms with van der Waals surface area (Å²) >= 11 is 1.87. The molecule has 3 rings (SSSR count).